The van der Waals surface area contributed by atoms with Gasteiger partial charge in [0.1, 0.15) is 6.10 Å². The van der Waals surface area contributed by atoms with Gasteiger partial charge in [-0.05, 0) is 44.4 Å². The van der Waals surface area contributed by atoms with Crippen molar-refractivity contribution in [1.82, 2.24) is 5.32 Å². The van der Waals surface area contributed by atoms with Gasteiger partial charge in [-0.3, -0.25) is 10.1 Å². The highest BCUT2D eigenvalue weighted by molar-refractivity contribution is 5.70. The largest absolute Gasteiger partial charge is 0.459 e. The average molecular weight is 399 g/mol. The lowest BCUT2D eigenvalue weighted by molar-refractivity contribution is -0.322. The first-order chi connectivity index (χ1) is 13.2. The van der Waals surface area contributed by atoms with Gasteiger partial charge in [0.05, 0.1) is 12.7 Å². The summed E-state index contributed by atoms with van der Waals surface area (Å²) in [6.45, 7) is 10.7. The summed E-state index contributed by atoms with van der Waals surface area (Å²) in [6, 6.07) is 0. The first-order valence-electron chi connectivity index (χ1n) is 10.2. The second kappa shape index (κ2) is 8.55. The molecule has 0 bridgehead atoms. The van der Waals surface area contributed by atoms with Crippen molar-refractivity contribution in [2.45, 2.75) is 90.3 Å². The van der Waals surface area contributed by atoms with E-state index in [1.54, 1.807) is 13.8 Å². The summed E-state index contributed by atoms with van der Waals surface area (Å²) in [5.74, 6) is 0.593. The Morgan fingerprint density at radius 3 is 2.64 bits per heavy atom. The number of nitrogens with one attached hydrogen (secondary N) is 1. The minimum atomic E-state index is -0.882. The van der Waals surface area contributed by atoms with E-state index in [4.69, 9.17) is 23.7 Å². The fourth-order valence-electron chi connectivity index (χ4n) is 4.51. The Balaban J connectivity index is 1.77. The average Bonchev–Trinajstić information content (AvgIpc) is 2.96. The lowest BCUT2D eigenvalue weighted by Crippen LogP contribution is -2.58. The Hall–Kier alpha value is -1.38. The molecule has 0 unspecified atom stereocenters. The van der Waals surface area contributed by atoms with Gasteiger partial charge in [0, 0.05) is 0 Å². The summed E-state index contributed by atoms with van der Waals surface area (Å²) in [7, 11) is 0. The Bertz CT molecular complexity index is 567. The van der Waals surface area contributed by atoms with Crippen molar-refractivity contribution < 1.29 is 33.3 Å². The van der Waals surface area contributed by atoms with Crippen LogP contribution in [-0.2, 0) is 28.5 Å². The summed E-state index contributed by atoms with van der Waals surface area (Å²) < 4.78 is 28.6. The van der Waals surface area contributed by atoms with E-state index >= 15 is 0 Å². The predicted octanol–water partition coefficient (Wildman–Crippen LogP) is 2.59. The summed E-state index contributed by atoms with van der Waals surface area (Å²) >= 11 is 0. The van der Waals surface area contributed by atoms with Crippen molar-refractivity contribution in [3.63, 3.8) is 0 Å². The highest BCUT2D eigenvalue weighted by atomic mass is 16.7. The molecule has 2 heterocycles. The molecule has 8 nitrogen and oxygen atoms in total. The topological polar surface area (TPSA) is 92.3 Å². The maximum Gasteiger partial charge on any atom is 0.409 e. The van der Waals surface area contributed by atoms with Crippen LogP contribution in [0.1, 0.15) is 53.9 Å². The molecule has 7 atom stereocenters. The van der Waals surface area contributed by atoms with Gasteiger partial charge in [-0.2, -0.15) is 0 Å². The van der Waals surface area contributed by atoms with E-state index in [0.29, 0.717) is 24.2 Å². The molecule has 0 spiro atoms. The van der Waals surface area contributed by atoms with Crippen LogP contribution in [0.15, 0.2) is 0 Å². The van der Waals surface area contributed by atoms with Crippen LogP contribution in [-0.4, -0.2) is 55.6 Å². The molecule has 160 valence electrons. The summed E-state index contributed by atoms with van der Waals surface area (Å²) in [6.07, 6.45) is -0.0619. The molecule has 3 fully saturated rings. The van der Waals surface area contributed by atoms with Crippen molar-refractivity contribution in [2.75, 3.05) is 6.61 Å². The van der Waals surface area contributed by atoms with Gasteiger partial charge in [-0.15, -0.1) is 0 Å². The van der Waals surface area contributed by atoms with Crippen molar-refractivity contribution in [3.05, 3.63) is 0 Å². The predicted molar refractivity (Wildman–Crippen MR) is 99.2 cm³/mol. The monoisotopic (exact) mass is 399 g/mol. The van der Waals surface area contributed by atoms with Crippen LogP contribution >= 0.6 is 0 Å². The highest BCUT2D eigenvalue weighted by Gasteiger charge is 2.51. The number of ether oxygens (including phenoxy) is 5. The molecule has 0 aromatic carbocycles. The van der Waals surface area contributed by atoms with Crippen LogP contribution in [0.4, 0.5) is 4.79 Å². The van der Waals surface area contributed by atoms with Crippen LogP contribution < -0.4 is 5.32 Å². The second-order valence-corrected chi connectivity index (χ2v) is 9.00. The van der Waals surface area contributed by atoms with E-state index in [0.717, 1.165) is 12.8 Å². The minimum Gasteiger partial charge on any atom is -0.459 e. The fraction of sp³-hybridized carbons (Fsp3) is 0.900. The molecule has 28 heavy (non-hydrogen) atoms. The first kappa shape index (κ1) is 21.3. The molecule has 2 saturated heterocycles. The fourth-order valence-corrected chi connectivity index (χ4v) is 4.51. The molecule has 0 aromatic heterocycles. The number of cyclic esters (lactones) is 1. The van der Waals surface area contributed by atoms with Crippen molar-refractivity contribution >= 4 is 12.6 Å². The Morgan fingerprint density at radius 1 is 1.21 bits per heavy atom. The number of rotatable bonds is 6. The van der Waals surface area contributed by atoms with Crippen LogP contribution in [0.2, 0.25) is 0 Å². The molecule has 1 amide bonds. The van der Waals surface area contributed by atoms with E-state index < -0.39 is 36.4 Å². The van der Waals surface area contributed by atoms with Crippen LogP contribution in [0.5, 0.6) is 0 Å². The van der Waals surface area contributed by atoms with Gasteiger partial charge in [-0.25, -0.2) is 4.79 Å². The summed E-state index contributed by atoms with van der Waals surface area (Å²) in [4.78, 5) is 23.0. The zero-order valence-corrected chi connectivity index (χ0v) is 17.4. The zero-order valence-electron chi connectivity index (χ0n) is 17.4. The van der Waals surface area contributed by atoms with Gasteiger partial charge >= 0.3 is 6.09 Å². The molecule has 3 aliphatic rings. The molecular weight excluding hydrogens is 366 g/mol. The van der Waals surface area contributed by atoms with Gasteiger partial charge in [-0.1, -0.05) is 27.2 Å². The van der Waals surface area contributed by atoms with E-state index in [1.807, 2.05) is 0 Å². The molecule has 8 heteroatoms. The normalized spacial score (nSPS) is 40.6. The molecular formula is C20H33NO7. The molecule has 0 radical (unpaired) electrons. The van der Waals surface area contributed by atoms with Gasteiger partial charge in [0.2, 0.25) is 0 Å². The van der Waals surface area contributed by atoms with Crippen LogP contribution in [0.25, 0.3) is 0 Å². The maximum absolute atomic E-state index is 12.0. The van der Waals surface area contributed by atoms with Crippen molar-refractivity contribution in [2.24, 2.45) is 17.8 Å². The molecule has 3 rings (SSSR count). The first-order valence-corrected chi connectivity index (χ1v) is 10.2. The summed E-state index contributed by atoms with van der Waals surface area (Å²) in [5, 5.41) is 2.76. The smallest absolute Gasteiger partial charge is 0.409 e. The van der Waals surface area contributed by atoms with E-state index in [1.165, 1.54) is 6.42 Å². The summed E-state index contributed by atoms with van der Waals surface area (Å²) in [5.41, 5.74) is 0. The quantitative estimate of drug-likeness (QED) is 0.686. The number of carbonyl (C=O) groups is 2. The number of carbonyl (C=O) groups excluding carboxylic acids is 2. The Morgan fingerprint density at radius 2 is 1.96 bits per heavy atom. The highest BCUT2D eigenvalue weighted by Crippen LogP contribution is 2.37. The van der Waals surface area contributed by atoms with Gasteiger partial charge < -0.3 is 23.7 Å². The number of alkyl carbamates (subject to hydrolysis) is 1. The molecule has 0 aromatic rings. The van der Waals surface area contributed by atoms with E-state index in [9.17, 15) is 9.59 Å². The molecule has 1 aliphatic carbocycles. The SMILES string of the molecule is CC(C)[C@@H]1CC[C@@H](C)C[C@H]1O[C@@H]1NC(=O)O[C@@H]1[C@@H]1OC(C)(C)OC[C@H]1OC=O. The number of hydrogen-bond acceptors (Lipinski definition) is 7. The zero-order chi connectivity index (χ0) is 20.5. The third-order valence-corrected chi connectivity index (χ3v) is 6.02. The van der Waals surface area contributed by atoms with E-state index in [2.05, 4.69) is 26.1 Å². The Labute approximate surface area is 166 Å². The molecule has 1 saturated carbocycles. The second-order valence-electron chi connectivity index (χ2n) is 9.00. The van der Waals surface area contributed by atoms with Crippen molar-refractivity contribution in [1.29, 1.82) is 0 Å². The number of amides is 1. The maximum atomic E-state index is 12.0. The third-order valence-electron chi connectivity index (χ3n) is 6.02. The lowest BCUT2D eigenvalue weighted by atomic mass is 9.75. The lowest BCUT2D eigenvalue weighted by Gasteiger charge is -2.43. The van der Waals surface area contributed by atoms with Crippen LogP contribution in [0, 0.1) is 17.8 Å². The third kappa shape index (κ3) is 4.78. The van der Waals surface area contributed by atoms with E-state index in [-0.39, 0.29) is 12.7 Å². The standard InChI is InChI=1S/C20H33NO7/c1-11(2)13-7-6-12(3)8-14(13)26-18-17(27-19(23)21-18)16-15(24-10-22)9-25-20(4,5)28-16/h10-18H,6-9H2,1-5H3,(H,21,23)/t12-,13+,14-,15-,16-,17-,18+/m1/s1. The minimum absolute atomic E-state index is 0.0246. The molecule has 1 N–H and O–H groups in total. The Kier molecular flexibility index (Phi) is 6.51. The van der Waals surface area contributed by atoms with Gasteiger partial charge in [0.15, 0.2) is 24.2 Å². The van der Waals surface area contributed by atoms with Crippen LogP contribution in [0.3, 0.4) is 0 Å². The number of hydrogen-bond donors (Lipinski definition) is 1. The van der Waals surface area contributed by atoms with Gasteiger partial charge in [0.25, 0.3) is 6.47 Å². The molecule has 2 aliphatic heterocycles. The van der Waals surface area contributed by atoms with Crippen molar-refractivity contribution in [3.8, 4) is 0 Å².